The number of nitrogens with one attached hydrogen (secondary N) is 1. The molecule has 2 aromatic carbocycles. The lowest BCUT2D eigenvalue weighted by Crippen LogP contribution is -2.54. The maximum Gasteiger partial charge on any atom is 0.263 e. The van der Waals surface area contributed by atoms with Crippen molar-refractivity contribution < 1.29 is 14.6 Å². The van der Waals surface area contributed by atoms with Gasteiger partial charge in [0.15, 0.2) is 6.10 Å². The number of anilines is 1. The van der Waals surface area contributed by atoms with Crippen molar-refractivity contribution in [3.8, 4) is 11.4 Å². The SMILES string of the molecule is O=C(NC1CCCCC1O)C1CN(Cc2ccc(-n3cccn3)cc2)c2ccccc2O1. The first-order valence-corrected chi connectivity index (χ1v) is 11.3. The van der Waals surface area contributed by atoms with Crippen molar-refractivity contribution in [2.75, 3.05) is 11.4 Å². The van der Waals surface area contributed by atoms with Gasteiger partial charge in [-0.05, 0) is 48.7 Å². The average molecular weight is 433 g/mol. The first kappa shape index (κ1) is 20.6. The number of ether oxygens (including phenoxy) is 1. The van der Waals surface area contributed by atoms with Gasteiger partial charge in [0.1, 0.15) is 5.75 Å². The number of hydrogen-bond donors (Lipinski definition) is 2. The number of aromatic nitrogens is 2. The van der Waals surface area contributed by atoms with E-state index in [0.29, 0.717) is 18.8 Å². The highest BCUT2D eigenvalue weighted by Gasteiger charge is 2.33. The highest BCUT2D eigenvalue weighted by molar-refractivity contribution is 5.83. The van der Waals surface area contributed by atoms with Crippen molar-refractivity contribution in [2.45, 2.75) is 50.5 Å². The maximum absolute atomic E-state index is 13.0. The van der Waals surface area contributed by atoms with Crippen LogP contribution in [0.15, 0.2) is 67.0 Å². The summed E-state index contributed by atoms with van der Waals surface area (Å²) < 4.78 is 7.89. The van der Waals surface area contributed by atoms with Crippen LogP contribution in [0, 0.1) is 0 Å². The van der Waals surface area contributed by atoms with Crippen molar-refractivity contribution in [1.29, 1.82) is 0 Å². The summed E-state index contributed by atoms with van der Waals surface area (Å²) in [5, 5.41) is 17.5. The number of amides is 1. The second-order valence-corrected chi connectivity index (χ2v) is 8.54. The van der Waals surface area contributed by atoms with Gasteiger partial charge in [-0.25, -0.2) is 4.68 Å². The second-order valence-electron chi connectivity index (χ2n) is 8.54. The Balaban J connectivity index is 1.31. The number of carbonyl (C=O) groups excluding carboxylic acids is 1. The molecule has 0 spiro atoms. The summed E-state index contributed by atoms with van der Waals surface area (Å²) in [5.41, 5.74) is 3.12. The van der Waals surface area contributed by atoms with Crippen molar-refractivity contribution in [3.63, 3.8) is 0 Å². The highest BCUT2D eigenvalue weighted by Crippen LogP contribution is 2.34. The van der Waals surface area contributed by atoms with Crippen LogP contribution in [0.1, 0.15) is 31.2 Å². The third-order valence-corrected chi connectivity index (χ3v) is 6.29. The molecular weight excluding hydrogens is 404 g/mol. The van der Waals surface area contributed by atoms with E-state index in [0.717, 1.165) is 42.6 Å². The minimum atomic E-state index is -0.623. The number of hydrogen-bond acceptors (Lipinski definition) is 5. The lowest BCUT2D eigenvalue weighted by molar-refractivity contribution is -0.129. The van der Waals surface area contributed by atoms with Crippen molar-refractivity contribution in [1.82, 2.24) is 15.1 Å². The van der Waals surface area contributed by atoms with Gasteiger partial charge in [-0.2, -0.15) is 5.10 Å². The number of para-hydroxylation sites is 2. The summed E-state index contributed by atoms with van der Waals surface area (Å²) >= 11 is 0. The van der Waals surface area contributed by atoms with Crippen LogP contribution in [0.5, 0.6) is 5.75 Å². The molecule has 2 N–H and O–H groups in total. The van der Waals surface area contributed by atoms with Crippen LogP contribution in [0.3, 0.4) is 0 Å². The van der Waals surface area contributed by atoms with E-state index in [-0.39, 0.29) is 11.9 Å². The van der Waals surface area contributed by atoms with Crippen molar-refractivity contribution >= 4 is 11.6 Å². The monoisotopic (exact) mass is 432 g/mol. The molecule has 0 saturated heterocycles. The Morgan fingerprint density at radius 1 is 1.09 bits per heavy atom. The van der Waals surface area contributed by atoms with Gasteiger partial charge >= 0.3 is 0 Å². The molecule has 7 nitrogen and oxygen atoms in total. The lowest BCUT2D eigenvalue weighted by atomic mass is 9.92. The Bertz CT molecular complexity index is 1050. The fraction of sp³-hybridized carbons (Fsp3) is 0.360. The van der Waals surface area contributed by atoms with E-state index in [1.54, 1.807) is 6.20 Å². The fourth-order valence-electron chi connectivity index (χ4n) is 4.54. The van der Waals surface area contributed by atoms with E-state index < -0.39 is 12.2 Å². The molecule has 2 aliphatic rings. The number of fused-ring (bicyclic) bond motifs is 1. The maximum atomic E-state index is 13.0. The molecule has 1 fully saturated rings. The zero-order valence-corrected chi connectivity index (χ0v) is 17.9. The Morgan fingerprint density at radius 3 is 2.69 bits per heavy atom. The molecule has 2 heterocycles. The molecule has 3 atom stereocenters. The summed E-state index contributed by atoms with van der Waals surface area (Å²) in [6, 6.07) is 17.8. The predicted octanol–water partition coefficient (Wildman–Crippen LogP) is 3.06. The first-order chi connectivity index (χ1) is 15.7. The Morgan fingerprint density at radius 2 is 1.91 bits per heavy atom. The largest absolute Gasteiger partial charge is 0.477 e. The summed E-state index contributed by atoms with van der Waals surface area (Å²) in [6.45, 7) is 1.11. The molecule has 32 heavy (non-hydrogen) atoms. The fourth-order valence-corrected chi connectivity index (χ4v) is 4.54. The van der Waals surface area contributed by atoms with E-state index in [1.807, 2.05) is 53.3 Å². The number of aliphatic hydroxyl groups excluding tert-OH is 1. The van der Waals surface area contributed by atoms with Gasteiger partial charge in [-0.3, -0.25) is 4.79 Å². The topological polar surface area (TPSA) is 79.6 Å². The third-order valence-electron chi connectivity index (χ3n) is 6.29. The van der Waals surface area contributed by atoms with Gasteiger partial charge in [0.25, 0.3) is 5.91 Å². The molecule has 0 radical (unpaired) electrons. The summed E-state index contributed by atoms with van der Waals surface area (Å²) in [4.78, 5) is 15.2. The average Bonchev–Trinajstić information content (AvgIpc) is 3.36. The molecule has 1 saturated carbocycles. The molecule has 166 valence electrons. The third kappa shape index (κ3) is 4.34. The van der Waals surface area contributed by atoms with E-state index in [1.165, 1.54) is 0 Å². The van der Waals surface area contributed by atoms with Gasteiger partial charge in [0.2, 0.25) is 0 Å². The van der Waals surface area contributed by atoms with Crippen LogP contribution in [0.25, 0.3) is 5.69 Å². The van der Waals surface area contributed by atoms with Gasteiger partial charge in [-0.1, -0.05) is 37.1 Å². The smallest absolute Gasteiger partial charge is 0.263 e. The standard InChI is InChI=1S/C25H28N4O3/c30-22-8-3-1-6-20(22)27-25(31)24-17-28(21-7-2-4-9-23(21)32-24)16-18-10-12-19(13-11-18)29-15-5-14-26-29/h2,4-5,7,9-15,20,22,24,30H,1,3,6,8,16-17H2,(H,27,31). The number of rotatable bonds is 5. The highest BCUT2D eigenvalue weighted by atomic mass is 16.5. The minimum absolute atomic E-state index is 0.163. The van der Waals surface area contributed by atoms with Crippen LogP contribution in [0.2, 0.25) is 0 Å². The molecule has 3 unspecified atom stereocenters. The van der Waals surface area contributed by atoms with Crippen molar-refractivity contribution in [3.05, 3.63) is 72.6 Å². The van der Waals surface area contributed by atoms with Crippen LogP contribution < -0.4 is 15.0 Å². The van der Waals surface area contributed by atoms with E-state index in [9.17, 15) is 9.90 Å². The first-order valence-electron chi connectivity index (χ1n) is 11.3. The normalized spacial score (nSPS) is 22.7. The number of carbonyl (C=O) groups is 1. The van der Waals surface area contributed by atoms with Crippen LogP contribution >= 0.6 is 0 Å². The molecule has 5 rings (SSSR count). The summed E-state index contributed by atoms with van der Waals surface area (Å²) in [6.07, 6.45) is 6.15. The molecule has 7 heteroatoms. The molecule has 3 aromatic rings. The minimum Gasteiger partial charge on any atom is -0.477 e. The molecule has 1 amide bonds. The zero-order chi connectivity index (χ0) is 21.9. The molecule has 1 aliphatic carbocycles. The summed E-state index contributed by atoms with van der Waals surface area (Å²) in [5.74, 6) is 0.542. The van der Waals surface area contributed by atoms with Crippen molar-refractivity contribution in [2.24, 2.45) is 0 Å². The van der Waals surface area contributed by atoms with Crippen LogP contribution in [-0.4, -0.2) is 45.6 Å². The van der Waals surface area contributed by atoms with Gasteiger partial charge in [-0.15, -0.1) is 0 Å². The van der Waals surface area contributed by atoms with Gasteiger partial charge in [0, 0.05) is 18.9 Å². The van der Waals surface area contributed by atoms with E-state index >= 15 is 0 Å². The quantitative estimate of drug-likeness (QED) is 0.648. The molecule has 0 bridgehead atoms. The van der Waals surface area contributed by atoms with Gasteiger partial charge < -0.3 is 20.1 Å². The predicted molar refractivity (Wildman–Crippen MR) is 122 cm³/mol. The number of aliphatic hydroxyl groups is 1. The summed E-state index contributed by atoms with van der Waals surface area (Å²) in [7, 11) is 0. The van der Waals surface area contributed by atoms with Crippen LogP contribution in [-0.2, 0) is 11.3 Å². The molecule has 1 aliphatic heterocycles. The molecular formula is C25H28N4O3. The lowest BCUT2D eigenvalue weighted by Gasteiger charge is -2.37. The Kier molecular flexibility index (Phi) is 5.81. The number of nitrogens with zero attached hydrogens (tertiary/aromatic N) is 3. The van der Waals surface area contributed by atoms with Gasteiger partial charge in [0.05, 0.1) is 30.1 Å². The molecule has 1 aromatic heterocycles. The second kappa shape index (κ2) is 9.04. The van der Waals surface area contributed by atoms with E-state index in [4.69, 9.17) is 4.74 Å². The Hall–Kier alpha value is -3.32. The van der Waals surface area contributed by atoms with Crippen LogP contribution in [0.4, 0.5) is 5.69 Å². The zero-order valence-electron chi connectivity index (χ0n) is 17.9. The Labute approximate surface area is 187 Å². The number of benzene rings is 2. The van der Waals surface area contributed by atoms with E-state index in [2.05, 4.69) is 27.4 Å².